The normalized spacial score (nSPS) is 29.8. The lowest BCUT2D eigenvalue weighted by atomic mass is 9.89. The van der Waals surface area contributed by atoms with Crippen LogP contribution in [0.15, 0.2) is 41.5 Å². The molecule has 10 nitrogen and oxygen atoms in total. The lowest BCUT2D eigenvalue weighted by Gasteiger charge is -2.26. The molecule has 1 aliphatic carbocycles. The molecular formula is C31H45N3O7. The Kier molecular flexibility index (Phi) is 11.3. The number of allylic oxidation sites excluding steroid dienone is 2. The van der Waals surface area contributed by atoms with Crippen molar-refractivity contribution in [3.05, 3.63) is 47.1 Å². The Balaban J connectivity index is 2.01. The van der Waals surface area contributed by atoms with E-state index >= 15 is 0 Å². The van der Waals surface area contributed by atoms with E-state index in [1.54, 1.807) is 32.1 Å². The van der Waals surface area contributed by atoms with Crippen LogP contribution < -0.4 is 16.4 Å². The van der Waals surface area contributed by atoms with Gasteiger partial charge < -0.3 is 41.2 Å². The summed E-state index contributed by atoms with van der Waals surface area (Å²) in [5.74, 6) is -0.288. The molecule has 10 heteroatoms. The van der Waals surface area contributed by atoms with Crippen LogP contribution in [0.4, 0.5) is 16.2 Å². The van der Waals surface area contributed by atoms with Gasteiger partial charge in [0.05, 0.1) is 17.5 Å². The summed E-state index contributed by atoms with van der Waals surface area (Å²) >= 11 is 0. The molecule has 2 amide bonds. The van der Waals surface area contributed by atoms with E-state index in [0.29, 0.717) is 54.1 Å². The molecule has 41 heavy (non-hydrogen) atoms. The number of phenolic OH excluding ortho intramolecular Hbond substituents is 2. The van der Waals surface area contributed by atoms with Crippen molar-refractivity contribution in [3.63, 3.8) is 0 Å². The number of carbonyl (C=O) groups excluding carboxylic acids is 2. The number of hydrogen-bond acceptors (Lipinski definition) is 8. The molecule has 1 aromatic carbocycles. The third kappa shape index (κ3) is 8.99. The molecule has 1 heterocycles. The number of aromatic hydroxyl groups is 2. The number of phenols is 2. The molecule has 1 aliphatic heterocycles. The number of hydrogen-bond donors (Lipinski definition) is 6. The number of aliphatic hydroxyl groups excluding tert-OH is 1. The van der Waals surface area contributed by atoms with Crippen LogP contribution in [0.5, 0.6) is 11.5 Å². The van der Waals surface area contributed by atoms with E-state index in [-0.39, 0.29) is 29.0 Å². The second-order valence-electron chi connectivity index (χ2n) is 11.4. The number of benzene rings is 1. The van der Waals surface area contributed by atoms with Crippen LogP contribution in [0, 0.1) is 17.8 Å². The molecule has 7 N–H and O–H groups in total. The van der Waals surface area contributed by atoms with Crippen LogP contribution >= 0.6 is 0 Å². The fraction of sp³-hybridized carbons (Fsp3) is 0.548. The van der Waals surface area contributed by atoms with E-state index < -0.39 is 30.3 Å². The van der Waals surface area contributed by atoms with Crippen LogP contribution in [-0.2, 0) is 20.7 Å². The molecule has 0 saturated heterocycles. The number of methoxy groups -OCH3 is 1. The van der Waals surface area contributed by atoms with E-state index in [1.807, 2.05) is 19.9 Å². The van der Waals surface area contributed by atoms with Gasteiger partial charge in [-0.2, -0.15) is 0 Å². The average molecular weight is 572 g/mol. The maximum absolute atomic E-state index is 13.0. The van der Waals surface area contributed by atoms with Crippen molar-refractivity contribution < 1.29 is 34.4 Å². The number of fused-ring (bicyclic) bond motifs is 2. The Morgan fingerprint density at radius 2 is 1.88 bits per heavy atom. The van der Waals surface area contributed by atoms with Crippen LogP contribution in [0.1, 0.15) is 58.9 Å². The summed E-state index contributed by atoms with van der Waals surface area (Å²) in [5.41, 5.74) is 7.44. The molecular weight excluding hydrogens is 526 g/mol. The van der Waals surface area contributed by atoms with Crippen LogP contribution in [0.3, 0.4) is 0 Å². The van der Waals surface area contributed by atoms with Crippen molar-refractivity contribution in [2.75, 3.05) is 24.3 Å². The third-order valence-corrected chi connectivity index (χ3v) is 7.80. The number of carbonyl (C=O) groups is 2. The highest BCUT2D eigenvalue weighted by Gasteiger charge is 2.27. The minimum atomic E-state index is -0.958. The van der Waals surface area contributed by atoms with E-state index in [9.17, 15) is 24.9 Å². The van der Waals surface area contributed by atoms with Crippen molar-refractivity contribution >= 4 is 23.4 Å². The summed E-state index contributed by atoms with van der Waals surface area (Å²) in [7, 11) is 1.47. The molecule has 0 aromatic heterocycles. The van der Waals surface area contributed by atoms with Crippen molar-refractivity contribution in [3.8, 4) is 11.5 Å². The van der Waals surface area contributed by atoms with Crippen LogP contribution in [-0.4, -0.2) is 59.3 Å². The number of rotatable bonds is 5. The summed E-state index contributed by atoms with van der Waals surface area (Å²) in [6, 6.07) is 1.36. The fourth-order valence-electron chi connectivity index (χ4n) is 5.02. The summed E-state index contributed by atoms with van der Waals surface area (Å²) < 4.78 is 10.9. The third-order valence-electron chi connectivity index (χ3n) is 7.80. The second kappa shape index (κ2) is 14.4. The summed E-state index contributed by atoms with van der Waals surface area (Å²) in [6.07, 6.45) is 7.28. The largest absolute Gasteiger partial charge is 0.506 e. The van der Waals surface area contributed by atoms with Gasteiger partial charge in [-0.15, -0.1) is 0 Å². The molecule has 3 rings (SSSR count). The number of aliphatic hydroxyl groups is 1. The van der Waals surface area contributed by atoms with Gasteiger partial charge in [-0.1, -0.05) is 38.2 Å². The Morgan fingerprint density at radius 3 is 2.51 bits per heavy atom. The number of nitrogens with one attached hydrogen (secondary N) is 2. The van der Waals surface area contributed by atoms with Crippen LogP contribution in [0.25, 0.3) is 0 Å². The predicted octanol–water partition coefficient (Wildman–Crippen LogP) is 4.76. The van der Waals surface area contributed by atoms with Crippen molar-refractivity contribution in [2.24, 2.45) is 23.5 Å². The summed E-state index contributed by atoms with van der Waals surface area (Å²) in [5, 5.41) is 39.1. The lowest BCUT2D eigenvalue weighted by molar-refractivity contribution is -0.112. The van der Waals surface area contributed by atoms with Gasteiger partial charge in [-0.05, 0) is 63.4 Å². The van der Waals surface area contributed by atoms with Gasteiger partial charge in [0.2, 0.25) is 0 Å². The van der Waals surface area contributed by atoms with Gasteiger partial charge in [0, 0.05) is 36.8 Å². The molecule has 2 aliphatic rings. The fourth-order valence-corrected chi connectivity index (χ4v) is 5.02. The van der Waals surface area contributed by atoms with Crippen molar-refractivity contribution in [1.82, 2.24) is 0 Å². The molecule has 1 aromatic rings. The van der Waals surface area contributed by atoms with E-state index in [1.165, 1.54) is 13.2 Å². The van der Waals surface area contributed by atoms with E-state index in [0.717, 1.165) is 12.8 Å². The smallest absolute Gasteiger partial charge is 0.405 e. The van der Waals surface area contributed by atoms with E-state index in [2.05, 4.69) is 10.6 Å². The Labute approximate surface area is 242 Å². The van der Waals surface area contributed by atoms with Gasteiger partial charge in [0.15, 0.2) is 6.10 Å². The summed E-state index contributed by atoms with van der Waals surface area (Å²) in [4.78, 5) is 24.7. The molecule has 226 valence electrons. The molecule has 5 atom stereocenters. The Morgan fingerprint density at radius 1 is 1.17 bits per heavy atom. The van der Waals surface area contributed by atoms with Crippen molar-refractivity contribution in [2.45, 2.75) is 78.1 Å². The minimum absolute atomic E-state index is 0.0383. The molecule has 1 saturated carbocycles. The highest BCUT2D eigenvalue weighted by atomic mass is 16.6. The number of ether oxygens (including phenoxy) is 2. The highest BCUT2D eigenvalue weighted by Crippen LogP contribution is 2.43. The van der Waals surface area contributed by atoms with Crippen LogP contribution in [0.2, 0.25) is 0 Å². The second-order valence-corrected chi connectivity index (χ2v) is 11.4. The molecule has 0 unspecified atom stereocenters. The topological polar surface area (TPSA) is 163 Å². The highest BCUT2D eigenvalue weighted by molar-refractivity contribution is 6.04. The monoisotopic (exact) mass is 571 g/mol. The molecule has 0 spiro atoms. The molecule has 1 fully saturated rings. The maximum Gasteiger partial charge on any atom is 0.405 e. The van der Waals surface area contributed by atoms with E-state index in [4.69, 9.17) is 15.2 Å². The zero-order chi connectivity index (χ0) is 30.3. The van der Waals surface area contributed by atoms with Gasteiger partial charge >= 0.3 is 6.09 Å². The zero-order valence-corrected chi connectivity index (χ0v) is 24.6. The maximum atomic E-state index is 13.0. The Hall–Kier alpha value is -3.50. The minimum Gasteiger partial charge on any atom is -0.506 e. The number of nitrogens with two attached hydrogens (primary N) is 1. The van der Waals surface area contributed by atoms with Gasteiger partial charge in [0.25, 0.3) is 5.91 Å². The number of amides is 2. The lowest BCUT2D eigenvalue weighted by Crippen LogP contribution is -2.35. The SMILES string of the molecule is CO[C@H]1/C=C\C=C(/C)C(=O)Nc2cc(O)c(NCC3CC3)c(c2O)C[C@@H](C)CC[C@H](O)[C@@H](C)/C=C(\C)[C@@H]1OC(N)=O. The number of anilines is 2. The predicted molar refractivity (Wildman–Crippen MR) is 159 cm³/mol. The molecule has 0 radical (unpaired) electrons. The first kappa shape index (κ1) is 32.0. The zero-order valence-electron chi connectivity index (χ0n) is 24.6. The quantitative estimate of drug-likeness (QED) is 0.167. The van der Waals surface area contributed by atoms with Gasteiger partial charge in [-0.25, -0.2) is 4.79 Å². The van der Waals surface area contributed by atoms with Crippen molar-refractivity contribution in [1.29, 1.82) is 0 Å². The van der Waals surface area contributed by atoms with Gasteiger partial charge in [0.1, 0.15) is 17.6 Å². The standard InChI is InChI=1S/C31H45N3O7/c1-17-9-12-24(35)19(3)14-20(4)29(41-31(32)39)26(40-5)8-6-7-18(2)30(38)34-23-15-25(36)27(22(13-17)28(23)37)33-16-21-10-11-21/h6-8,14-15,17,19,21,24,26,29,33,35-37H,9-13,16H2,1-5H3,(H2,32,39)(H,34,38)/b8-6-,18-7+,20-14+/t17-,19-,24-,26-,29-/m0/s1. The first-order valence-electron chi connectivity index (χ1n) is 14.2. The van der Waals surface area contributed by atoms with Gasteiger partial charge in [-0.3, -0.25) is 4.79 Å². The number of primary amides is 1. The first-order valence-corrected chi connectivity index (χ1v) is 14.2. The molecule has 2 bridgehead atoms. The average Bonchev–Trinajstić information content (AvgIpc) is 3.74. The summed E-state index contributed by atoms with van der Waals surface area (Å²) in [6.45, 7) is 8.00. The Bertz CT molecular complexity index is 1190. The first-order chi connectivity index (χ1) is 19.4.